The lowest BCUT2D eigenvalue weighted by Gasteiger charge is -1.09. The third kappa shape index (κ3) is 254. The molecule has 19 valence electrons. The van der Waals surface area contributed by atoms with Gasteiger partial charge in [0.1, 0.15) is 0 Å². The number of hydrogen-bond acceptors (Lipinski definition) is 1. The smallest absolute Gasteiger partial charge is 0.442 e. The van der Waals surface area contributed by atoms with E-state index in [0.717, 1.165) is 0 Å². The zero-order chi connectivity index (χ0) is 2.00. The van der Waals surface area contributed by atoms with Gasteiger partial charge in [0.25, 0.3) is 0 Å². The molecule has 0 aliphatic carbocycles. The second-order valence-corrected chi connectivity index (χ2v) is 0. The van der Waals surface area contributed by atoms with E-state index in [9.17, 15) is 0 Å². The minimum atomic E-state index is 0. The molecule has 2 heteroatoms. The van der Waals surface area contributed by atoms with Crippen LogP contribution in [0.15, 0.2) is 0 Å². The molecule has 0 fully saturated rings. The highest BCUT2D eigenvalue weighted by molar-refractivity contribution is 3.93. The summed E-state index contributed by atoms with van der Waals surface area (Å²) in [5, 5.41) is 7.25. The Hall–Kier alpha value is -0.0800. The van der Waals surface area contributed by atoms with E-state index in [0.29, 0.717) is 0 Å². The van der Waals surface area contributed by atoms with Crippen LogP contribution in [0, 0.1) is 20.1 Å². The fourth-order valence-corrected chi connectivity index (χ4v) is 0. The monoisotopic (exact) mass is 54.0 g/mol. The van der Waals surface area contributed by atoms with E-state index in [2.05, 4.69) is 0 Å². The zero-order valence-electron chi connectivity index (χ0n) is 1.86. The van der Waals surface area contributed by atoms with Crippen molar-refractivity contribution in [3.63, 3.8) is 0 Å². The summed E-state index contributed by atoms with van der Waals surface area (Å²) in [5.74, 6) is 5.75. The lowest BCUT2D eigenvalue weighted by Crippen LogP contribution is -1.26. The highest BCUT2D eigenvalue weighted by Crippen LogP contribution is 0.809. The van der Waals surface area contributed by atoms with Gasteiger partial charge in [0.2, 0.25) is 0 Å². The Balaban J connectivity index is -0.00000000500. The molecular formula is C2NO. The summed E-state index contributed by atoms with van der Waals surface area (Å²) in [6, 6.07) is 0. The normalized spacial score (nSPS) is 1.50. The molecule has 0 heterocycles. The number of nitrogens with zero attached hydrogens (tertiary/aromatic N) is 1. The Labute approximate surface area is 27.2 Å². The van der Waals surface area contributed by atoms with Crippen LogP contribution in [0.5, 0.6) is 0 Å². The van der Waals surface area contributed by atoms with Crippen LogP contribution in [0.4, 0.5) is 0 Å². The average Bonchev–Trinajstić information content (AvgIpc) is 1.00. The predicted octanol–water partition coefficient (Wildman–Crippen LogP) is -0.285. The van der Waals surface area contributed by atoms with Crippen molar-refractivity contribution in [2.45, 2.75) is 0 Å². The maximum absolute atomic E-state index is 7.25. The fraction of sp³-hybridized carbons (Fsp3) is 0. The van der Waals surface area contributed by atoms with Crippen LogP contribution in [0.2, 0.25) is 0 Å². The summed E-state index contributed by atoms with van der Waals surface area (Å²) < 4.78 is 0. The quantitative estimate of drug-likeness (QED) is 0.350. The lowest BCUT2D eigenvalue weighted by molar-refractivity contribution is 1.58. The van der Waals surface area contributed by atoms with Gasteiger partial charge in [0, 0.05) is 14.9 Å². The summed E-state index contributed by atoms with van der Waals surface area (Å²) in [5.41, 5.74) is 0. The van der Waals surface area contributed by atoms with Crippen LogP contribution in [-0.2, 0) is 0 Å². The summed E-state index contributed by atoms with van der Waals surface area (Å²) in [4.78, 5) is 0. The summed E-state index contributed by atoms with van der Waals surface area (Å²) >= 11 is 0. The largest absolute Gasteiger partial charge is 0.442 e. The van der Waals surface area contributed by atoms with Crippen LogP contribution in [0.25, 0.3) is 0 Å². The number of hydrogen-bond donors (Lipinski definition) is 0. The fourth-order valence-electron chi connectivity index (χ4n) is 0. The van der Waals surface area contributed by atoms with Gasteiger partial charge in [0.15, 0.2) is 0 Å². The molecule has 0 aliphatic heterocycles. The summed E-state index contributed by atoms with van der Waals surface area (Å²) in [6.07, 6.45) is 0. The third-order valence-electron chi connectivity index (χ3n) is 0. The Morgan fingerprint density at radius 3 is 1.00 bits per heavy atom. The first-order chi connectivity index (χ1) is 1.00. The van der Waals surface area contributed by atoms with Gasteiger partial charge in [-0.1, -0.05) is 0 Å². The summed E-state index contributed by atoms with van der Waals surface area (Å²) in [7, 11) is 0. The maximum atomic E-state index is 7.25. The van der Waals surface area contributed by atoms with Crippen molar-refractivity contribution in [3.8, 4) is 0 Å². The van der Waals surface area contributed by atoms with Gasteiger partial charge >= 0.3 is 5.90 Å². The SMILES string of the molecule is [C].[C].[N+][O-]. The van der Waals surface area contributed by atoms with Crippen molar-refractivity contribution in [2.24, 2.45) is 0 Å². The van der Waals surface area contributed by atoms with Crippen molar-refractivity contribution in [3.05, 3.63) is 20.1 Å². The molecule has 0 aromatic carbocycles. The minimum Gasteiger partial charge on any atom is -0.442 e. The van der Waals surface area contributed by atoms with E-state index in [-0.39, 0.29) is 14.9 Å². The van der Waals surface area contributed by atoms with Crippen molar-refractivity contribution in [1.29, 1.82) is 0 Å². The van der Waals surface area contributed by atoms with Gasteiger partial charge in [-0.2, -0.15) is 0 Å². The predicted molar refractivity (Wildman–Crippen MR) is 12.0 cm³/mol. The molecule has 0 aromatic heterocycles. The first-order valence-electron chi connectivity index (χ1n) is 0.183. The molecule has 2 nitrogen and oxygen atoms in total. The lowest BCUT2D eigenvalue weighted by atomic mass is 12.0. The van der Waals surface area contributed by atoms with Crippen LogP contribution in [0.3, 0.4) is 0 Å². The topological polar surface area (TPSA) is 45.4 Å². The minimum absolute atomic E-state index is 0. The molecule has 0 N–H and O–H groups in total. The van der Waals surface area contributed by atoms with E-state index in [1.54, 1.807) is 0 Å². The molecule has 11 radical (unpaired) electrons. The van der Waals surface area contributed by atoms with Crippen LogP contribution in [-0.4, -0.2) is 0 Å². The molecule has 0 rings (SSSR count). The van der Waals surface area contributed by atoms with E-state index in [4.69, 9.17) is 11.1 Å². The van der Waals surface area contributed by atoms with Gasteiger partial charge < -0.3 is 5.21 Å². The van der Waals surface area contributed by atoms with Gasteiger partial charge in [-0.25, -0.2) is 0 Å². The van der Waals surface area contributed by atoms with E-state index >= 15 is 0 Å². The molecule has 0 saturated heterocycles. The van der Waals surface area contributed by atoms with Crippen LogP contribution in [0.1, 0.15) is 0 Å². The Bertz CT molecular complexity index is 6.00. The average molecular weight is 54.0 g/mol. The van der Waals surface area contributed by atoms with E-state index in [1.807, 2.05) is 0 Å². The molecule has 4 heavy (non-hydrogen) atoms. The number of rotatable bonds is 0. The molecule has 0 spiro atoms. The molecule has 0 bridgehead atoms. The van der Waals surface area contributed by atoms with Gasteiger partial charge in [-0.15, -0.1) is 0 Å². The van der Waals surface area contributed by atoms with Gasteiger partial charge in [-0.3, -0.25) is 0 Å². The summed E-state index contributed by atoms with van der Waals surface area (Å²) in [6.45, 7) is 0. The Morgan fingerprint density at radius 2 is 1.00 bits per heavy atom. The van der Waals surface area contributed by atoms with Crippen LogP contribution >= 0.6 is 0 Å². The molecule has 0 atom stereocenters. The molecule has 0 aliphatic rings. The zero-order valence-corrected chi connectivity index (χ0v) is 1.86. The molecular weight excluding hydrogens is 54.0 g/mol. The Morgan fingerprint density at radius 1 is 1.00 bits per heavy atom. The standard InChI is InChI=1S/2C.NO/c;;1-2. The van der Waals surface area contributed by atoms with Gasteiger partial charge in [0.05, 0.1) is 0 Å². The van der Waals surface area contributed by atoms with Crippen molar-refractivity contribution in [2.75, 3.05) is 0 Å². The first kappa shape index (κ1) is 39.5. The highest BCUT2D eigenvalue weighted by atomic mass is 16.4. The molecule has 0 aromatic rings. The van der Waals surface area contributed by atoms with Crippen LogP contribution < -0.4 is 5.90 Å². The molecule has 0 amide bonds. The van der Waals surface area contributed by atoms with Gasteiger partial charge in [-0.05, 0) is 0 Å². The van der Waals surface area contributed by atoms with Crippen molar-refractivity contribution in [1.82, 2.24) is 5.90 Å². The first-order valence-corrected chi connectivity index (χ1v) is 0.183. The second-order valence-electron chi connectivity index (χ2n) is 0. The highest BCUT2D eigenvalue weighted by Gasteiger charge is 1.09. The molecule has 0 saturated carbocycles. The van der Waals surface area contributed by atoms with E-state index < -0.39 is 0 Å². The molecule has 0 unspecified atom stereocenters. The van der Waals surface area contributed by atoms with E-state index in [1.165, 1.54) is 0 Å². The van der Waals surface area contributed by atoms with Crippen molar-refractivity contribution >= 4 is 0 Å². The third-order valence-corrected chi connectivity index (χ3v) is 0. The maximum Gasteiger partial charge on any atom is 0.442 e. The Kier molecular flexibility index (Phi) is 16600. The van der Waals surface area contributed by atoms with Crippen molar-refractivity contribution < 1.29 is 0 Å². The second kappa shape index (κ2) is 1680.